The van der Waals surface area contributed by atoms with Gasteiger partial charge in [0, 0.05) is 5.56 Å². The smallest absolute Gasteiger partial charge is 0.269 e. The quantitative estimate of drug-likeness (QED) is 0.846. The van der Waals surface area contributed by atoms with E-state index in [0.29, 0.717) is 5.01 Å². The lowest BCUT2D eigenvalue weighted by Gasteiger charge is -1.92. The Bertz CT molecular complexity index is 546. The lowest BCUT2D eigenvalue weighted by Crippen LogP contribution is -2.19. The molecule has 0 saturated heterocycles. The zero-order valence-corrected chi connectivity index (χ0v) is 9.53. The summed E-state index contributed by atoms with van der Waals surface area (Å²) in [6, 6.07) is 9.19. The van der Waals surface area contributed by atoms with Crippen molar-refractivity contribution in [1.82, 2.24) is 4.98 Å². The fraction of sp³-hybridized carbons (Fsp3) is 0. The molecular formula is C11H9N3O2S. The molecule has 0 spiro atoms. The molecule has 2 amide bonds. The van der Waals surface area contributed by atoms with Crippen LogP contribution in [-0.4, -0.2) is 16.8 Å². The summed E-state index contributed by atoms with van der Waals surface area (Å²) in [5, 5.41) is 0.549. The molecule has 0 aliphatic heterocycles. The van der Waals surface area contributed by atoms with E-state index in [1.165, 1.54) is 0 Å². The monoisotopic (exact) mass is 247 g/mol. The molecule has 0 unspecified atom stereocenters. The number of amides is 2. The van der Waals surface area contributed by atoms with Gasteiger partial charge in [-0.2, -0.15) is 0 Å². The fourth-order valence-electron chi connectivity index (χ4n) is 1.36. The third-order valence-corrected chi connectivity index (χ3v) is 3.22. The van der Waals surface area contributed by atoms with E-state index in [1.807, 2.05) is 30.3 Å². The molecule has 5 nitrogen and oxygen atoms in total. The van der Waals surface area contributed by atoms with Crippen LogP contribution in [-0.2, 0) is 0 Å². The van der Waals surface area contributed by atoms with Gasteiger partial charge < -0.3 is 11.5 Å². The fourth-order valence-corrected chi connectivity index (χ4v) is 2.29. The van der Waals surface area contributed by atoms with Gasteiger partial charge in [0.15, 0.2) is 5.69 Å². The molecule has 4 N–H and O–H groups in total. The molecule has 1 heterocycles. The van der Waals surface area contributed by atoms with Gasteiger partial charge in [-0.3, -0.25) is 9.59 Å². The predicted molar refractivity (Wildman–Crippen MR) is 64.6 cm³/mol. The highest BCUT2D eigenvalue weighted by molar-refractivity contribution is 7.17. The van der Waals surface area contributed by atoms with Crippen molar-refractivity contribution in [1.29, 1.82) is 0 Å². The van der Waals surface area contributed by atoms with E-state index < -0.39 is 11.8 Å². The number of nitrogens with zero attached hydrogens (tertiary/aromatic N) is 1. The molecule has 0 atom stereocenters. The number of carbonyl (C=O) groups is 2. The van der Waals surface area contributed by atoms with Crippen molar-refractivity contribution in [3.63, 3.8) is 0 Å². The SMILES string of the molecule is NC(=O)c1nc(-c2ccccc2)sc1C(N)=O. The first-order chi connectivity index (χ1) is 8.09. The standard InChI is InChI=1S/C11H9N3O2S/c12-9(15)7-8(10(13)16)17-11(14-7)6-4-2-1-3-5-6/h1-5H,(H2,12,15)(H2,13,16). The van der Waals surface area contributed by atoms with E-state index in [-0.39, 0.29) is 10.6 Å². The van der Waals surface area contributed by atoms with Crippen LogP contribution in [0.5, 0.6) is 0 Å². The second-order valence-electron chi connectivity index (χ2n) is 3.29. The van der Waals surface area contributed by atoms with Crippen LogP contribution in [0.3, 0.4) is 0 Å². The molecule has 2 aromatic rings. The van der Waals surface area contributed by atoms with Crippen LogP contribution >= 0.6 is 11.3 Å². The number of benzene rings is 1. The average molecular weight is 247 g/mol. The van der Waals surface area contributed by atoms with Gasteiger partial charge >= 0.3 is 0 Å². The molecule has 0 radical (unpaired) electrons. The van der Waals surface area contributed by atoms with Crippen LogP contribution in [0, 0.1) is 0 Å². The molecule has 6 heteroatoms. The topological polar surface area (TPSA) is 99.1 Å². The van der Waals surface area contributed by atoms with Crippen molar-refractivity contribution in [2.45, 2.75) is 0 Å². The van der Waals surface area contributed by atoms with E-state index in [2.05, 4.69) is 4.98 Å². The van der Waals surface area contributed by atoms with Gasteiger partial charge in [-0.05, 0) is 0 Å². The van der Waals surface area contributed by atoms with Crippen molar-refractivity contribution >= 4 is 23.2 Å². The minimum atomic E-state index is -0.753. The Morgan fingerprint density at radius 1 is 1.06 bits per heavy atom. The first kappa shape index (κ1) is 11.3. The molecule has 0 aliphatic carbocycles. The van der Waals surface area contributed by atoms with E-state index in [0.717, 1.165) is 16.9 Å². The Morgan fingerprint density at radius 2 is 1.71 bits per heavy atom. The minimum absolute atomic E-state index is 0.0682. The zero-order chi connectivity index (χ0) is 12.4. The number of aromatic nitrogens is 1. The second kappa shape index (κ2) is 4.34. The van der Waals surface area contributed by atoms with Crippen molar-refractivity contribution in [2.75, 3.05) is 0 Å². The van der Waals surface area contributed by atoms with Crippen molar-refractivity contribution in [2.24, 2.45) is 11.5 Å². The first-order valence-electron chi connectivity index (χ1n) is 4.75. The summed E-state index contributed by atoms with van der Waals surface area (Å²) in [6.45, 7) is 0. The molecule has 0 aliphatic rings. The second-order valence-corrected chi connectivity index (χ2v) is 4.29. The van der Waals surface area contributed by atoms with Crippen LogP contribution in [0.4, 0.5) is 0 Å². The summed E-state index contributed by atoms with van der Waals surface area (Å²) in [7, 11) is 0. The molecule has 86 valence electrons. The summed E-state index contributed by atoms with van der Waals surface area (Å²) in [5.74, 6) is -1.45. The average Bonchev–Trinajstić information content (AvgIpc) is 2.75. The van der Waals surface area contributed by atoms with Crippen LogP contribution < -0.4 is 11.5 Å². The largest absolute Gasteiger partial charge is 0.365 e. The minimum Gasteiger partial charge on any atom is -0.365 e. The Morgan fingerprint density at radius 3 is 2.18 bits per heavy atom. The van der Waals surface area contributed by atoms with Gasteiger partial charge in [-0.25, -0.2) is 4.98 Å². The van der Waals surface area contributed by atoms with Crippen LogP contribution in [0.25, 0.3) is 10.6 Å². The van der Waals surface area contributed by atoms with Gasteiger partial charge in [0.1, 0.15) is 9.88 Å². The van der Waals surface area contributed by atoms with Gasteiger partial charge in [-0.15, -0.1) is 11.3 Å². The Kier molecular flexibility index (Phi) is 2.88. The Balaban J connectivity index is 2.55. The maximum Gasteiger partial charge on any atom is 0.269 e. The summed E-state index contributed by atoms with van der Waals surface area (Å²) in [6.07, 6.45) is 0. The number of primary amides is 2. The third-order valence-electron chi connectivity index (χ3n) is 2.11. The normalized spacial score (nSPS) is 10.1. The zero-order valence-electron chi connectivity index (χ0n) is 8.71. The summed E-state index contributed by atoms with van der Waals surface area (Å²) in [4.78, 5) is 26.4. The van der Waals surface area contributed by atoms with Gasteiger partial charge in [0.25, 0.3) is 11.8 Å². The van der Waals surface area contributed by atoms with Crippen LogP contribution in [0.1, 0.15) is 20.2 Å². The van der Waals surface area contributed by atoms with Crippen LogP contribution in [0.2, 0.25) is 0 Å². The van der Waals surface area contributed by atoms with E-state index >= 15 is 0 Å². The number of hydrogen-bond donors (Lipinski definition) is 2. The molecule has 1 aromatic carbocycles. The lowest BCUT2D eigenvalue weighted by atomic mass is 10.2. The molecule has 17 heavy (non-hydrogen) atoms. The molecular weight excluding hydrogens is 238 g/mol. The molecule has 0 bridgehead atoms. The van der Waals surface area contributed by atoms with Crippen molar-refractivity contribution < 1.29 is 9.59 Å². The maximum absolute atomic E-state index is 11.2. The van der Waals surface area contributed by atoms with Gasteiger partial charge in [0.05, 0.1) is 0 Å². The number of hydrogen-bond acceptors (Lipinski definition) is 4. The molecule has 2 rings (SSSR count). The van der Waals surface area contributed by atoms with E-state index in [4.69, 9.17) is 11.5 Å². The number of nitrogens with two attached hydrogens (primary N) is 2. The van der Waals surface area contributed by atoms with Gasteiger partial charge in [0.2, 0.25) is 0 Å². The summed E-state index contributed by atoms with van der Waals surface area (Å²) < 4.78 is 0. The number of thiazole rings is 1. The van der Waals surface area contributed by atoms with Crippen molar-refractivity contribution in [3.05, 3.63) is 40.9 Å². The number of rotatable bonds is 3. The highest BCUT2D eigenvalue weighted by Crippen LogP contribution is 2.27. The highest BCUT2D eigenvalue weighted by Gasteiger charge is 2.20. The van der Waals surface area contributed by atoms with Gasteiger partial charge in [-0.1, -0.05) is 30.3 Å². The Labute approximate surface area is 101 Å². The lowest BCUT2D eigenvalue weighted by molar-refractivity contribution is 0.0967. The first-order valence-corrected chi connectivity index (χ1v) is 5.57. The number of carbonyl (C=O) groups excluding carboxylic acids is 2. The molecule has 0 fully saturated rings. The highest BCUT2D eigenvalue weighted by atomic mass is 32.1. The van der Waals surface area contributed by atoms with E-state index in [1.54, 1.807) is 0 Å². The summed E-state index contributed by atoms with van der Waals surface area (Å²) >= 11 is 1.06. The maximum atomic E-state index is 11.2. The molecule has 1 aromatic heterocycles. The van der Waals surface area contributed by atoms with Crippen molar-refractivity contribution in [3.8, 4) is 10.6 Å². The Hall–Kier alpha value is -2.21. The summed E-state index contributed by atoms with van der Waals surface area (Å²) in [5.41, 5.74) is 11.1. The van der Waals surface area contributed by atoms with Crippen LogP contribution in [0.15, 0.2) is 30.3 Å². The third kappa shape index (κ3) is 2.16. The predicted octanol–water partition coefficient (Wildman–Crippen LogP) is 1.01. The molecule has 0 saturated carbocycles. The van der Waals surface area contributed by atoms with E-state index in [9.17, 15) is 9.59 Å².